The molecule has 0 spiro atoms. The third-order valence-corrected chi connectivity index (χ3v) is 8.86. The molecule has 1 aliphatic rings. The number of nitrogens with zero attached hydrogens (tertiary/aromatic N) is 7. The largest absolute Gasteiger partial charge is 0.416 e. The van der Waals surface area contributed by atoms with E-state index in [-0.39, 0.29) is 5.56 Å². The number of likely N-dealkylation sites (N-methyl/N-ethyl adjacent to an activating group) is 1. The van der Waals surface area contributed by atoms with Gasteiger partial charge < -0.3 is 25.8 Å². The number of pyridine rings is 1. The summed E-state index contributed by atoms with van der Waals surface area (Å²) in [4.78, 5) is 35.9. The second kappa shape index (κ2) is 14.1. The van der Waals surface area contributed by atoms with Crippen molar-refractivity contribution in [2.45, 2.75) is 20.0 Å². The summed E-state index contributed by atoms with van der Waals surface area (Å²) in [5.74, 6) is 0.873. The summed E-state index contributed by atoms with van der Waals surface area (Å²) < 4.78 is 41.5. The molecular weight excluding hydrogens is 657 g/mol. The van der Waals surface area contributed by atoms with Gasteiger partial charge in [0.1, 0.15) is 18.0 Å². The molecular formula is C37H35F3N10O. The smallest absolute Gasteiger partial charge is 0.369 e. The summed E-state index contributed by atoms with van der Waals surface area (Å²) >= 11 is 0. The second-order valence-corrected chi connectivity index (χ2v) is 12.2. The lowest BCUT2D eigenvalue weighted by atomic mass is 10.1. The quantitative estimate of drug-likeness (QED) is 0.142. The fourth-order valence-electron chi connectivity index (χ4n) is 6.00. The Kier molecular flexibility index (Phi) is 9.24. The number of piperazine rings is 1. The molecule has 1 fully saturated rings. The highest BCUT2D eigenvalue weighted by Gasteiger charge is 2.31. The van der Waals surface area contributed by atoms with E-state index in [0.29, 0.717) is 40.0 Å². The van der Waals surface area contributed by atoms with Crippen LogP contribution < -0.4 is 20.9 Å². The van der Waals surface area contributed by atoms with Crippen LogP contribution in [0.4, 0.5) is 47.7 Å². The van der Waals surface area contributed by atoms with Gasteiger partial charge in [-0.25, -0.2) is 15.0 Å². The minimum atomic E-state index is -4.56. The highest BCUT2D eigenvalue weighted by molar-refractivity contribution is 6.04. The van der Waals surface area contributed by atoms with E-state index in [1.807, 2.05) is 29.7 Å². The van der Waals surface area contributed by atoms with E-state index in [2.05, 4.69) is 59.8 Å². The average molecular weight is 693 g/mol. The van der Waals surface area contributed by atoms with Crippen LogP contribution in [-0.2, 0) is 6.18 Å². The van der Waals surface area contributed by atoms with Crippen LogP contribution in [0, 0.1) is 6.92 Å². The lowest BCUT2D eigenvalue weighted by molar-refractivity contribution is -0.137. The van der Waals surface area contributed by atoms with Crippen molar-refractivity contribution in [3.63, 3.8) is 0 Å². The Morgan fingerprint density at radius 2 is 1.67 bits per heavy atom. The number of benzene rings is 3. The maximum Gasteiger partial charge on any atom is 0.416 e. The molecule has 0 radical (unpaired) electrons. The zero-order valence-electron chi connectivity index (χ0n) is 27.9. The molecule has 51 heavy (non-hydrogen) atoms. The first kappa shape index (κ1) is 33.5. The first-order chi connectivity index (χ1) is 24.6. The van der Waals surface area contributed by atoms with Crippen LogP contribution >= 0.6 is 0 Å². The van der Waals surface area contributed by atoms with Crippen LogP contribution in [-0.4, -0.2) is 68.0 Å². The number of halogens is 3. The molecule has 3 aromatic carbocycles. The highest BCUT2D eigenvalue weighted by Crippen LogP contribution is 2.32. The van der Waals surface area contributed by atoms with Crippen molar-refractivity contribution in [2.75, 3.05) is 53.6 Å². The van der Waals surface area contributed by atoms with Crippen LogP contribution in [0.15, 0.2) is 97.6 Å². The van der Waals surface area contributed by atoms with Gasteiger partial charge in [-0.3, -0.25) is 14.3 Å². The molecule has 1 aliphatic heterocycles. The van der Waals surface area contributed by atoms with Gasteiger partial charge in [0, 0.05) is 66.8 Å². The molecule has 4 heterocycles. The topological polar surface area (TPSA) is 116 Å². The van der Waals surface area contributed by atoms with Crippen LogP contribution in [0.5, 0.6) is 0 Å². The SMILES string of the molecule is CCN1CCN(c2ccc(Nc3cc(-n4c(Nc5cc(NC(=O)c6cccc(C(F)(F)F)c6)ccc5C)nc5ccncc54)ncn3)cc2)CC1. The Morgan fingerprint density at radius 1 is 0.882 bits per heavy atom. The first-order valence-corrected chi connectivity index (χ1v) is 16.5. The van der Waals surface area contributed by atoms with Crippen molar-refractivity contribution < 1.29 is 18.0 Å². The molecule has 0 unspecified atom stereocenters. The predicted molar refractivity (Wildman–Crippen MR) is 192 cm³/mol. The van der Waals surface area contributed by atoms with Gasteiger partial charge in [-0.2, -0.15) is 13.2 Å². The Balaban J connectivity index is 1.12. The van der Waals surface area contributed by atoms with Crippen molar-refractivity contribution in [3.05, 3.63) is 114 Å². The van der Waals surface area contributed by atoms with Gasteiger partial charge in [0.25, 0.3) is 5.91 Å². The molecule has 0 bridgehead atoms. The maximum absolute atomic E-state index is 13.2. The Hall–Kier alpha value is -6.02. The number of rotatable bonds is 9. The molecule has 260 valence electrons. The molecule has 0 atom stereocenters. The van der Waals surface area contributed by atoms with Crippen LogP contribution in [0.25, 0.3) is 16.9 Å². The zero-order valence-corrected chi connectivity index (χ0v) is 27.9. The number of hydrogen-bond donors (Lipinski definition) is 3. The number of nitrogens with one attached hydrogen (secondary N) is 3. The molecule has 3 aromatic heterocycles. The zero-order chi connectivity index (χ0) is 35.5. The van der Waals surface area contributed by atoms with E-state index in [4.69, 9.17) is 4.98 Å². The minimum absolute atomic E-state index is 0.108. The van der Waals surface area contributed by atoms with Gasteiger partial charge in [0.15, 0.2) is 0 Å². The van der Waals surface area contributed by atoms with E-state index in [1.165, 1.54) is 24.1 Å². The van der Waals surface area contributed by atoms with E-state index >= 15 is 0 Å². The Morgan fingerprint density at radius 3 is 2.43 bits per heavy atom. The molecule has 3 N–H and O–H groups in total. The lowest BCUT2D eigenvalue weighted by Gasteiger charge is -2.35. The van der Waals surface area contributed by atoms with Crippen molar-refractivity contribution in [1.29, 1.82) is 0 Å². The van der Waals surface area contributed by atoms with Crippen LogP contribution in [0.3, 0.4) is 0 Å². The molecule has 0 saturated carbocycles. The number of imidazole rings is 1. The van der Waals surface area contributed by atoms with E-state index in [0.717, 1.165) is 56.1 Å². The number of carbonyl (C=O) groups excluding carboxylic acids is 1. The number of amides is 1. The third kappa shape index (κ3) is 7.45. The fourth-order valence-corrected chi connectivity index (χ4v) is 6.00. The van der Waals surface area contributed by atoms with Crippen molar-refractivity contribution in [3.8, 4) is 5.82 Å². The fraction of sp³-hybridized carbons (Fsp3) is 0.216. The summed E-state index contributed by atoms with van der Waals surface area (Å²) in [5, 5.41) is 9.44. The molecule has 11 nitrogen and oxygen atoms in total. The number of anilines is 6. The van der Waals surface area contributed by atoms with E-state index < -0.39 is 17.6 Å². The summed E-state index contributed by atoms with van der Waals surface area (Å²) in [6, 6.07) is 21.4. The minimum Gasteiger partial charge on any atom is -0.369 e. The monoisotopic (exact) mass is 692 g/mol. The third-order valence-electron chi connectivity index (χ3n) is 8.86. The molecule has 0 aliphatic carbocycles. The molecule has 1 amide bonds. The molecule has 6 aromatic rings. The van der Waals surface area contributed by atoms with Gasteiger partial charge in [-0.1, -0.05) is 19.1 Å². The van der Waals surface area contributed by atoms with Gasteiger partial charge in [0.2, 0.25) is 5.95 Å². The number of fused-ring (bicyclic) bond motifs is 1. The van der Waals surface area contributed by atoms with Crippen LogP contribution in [0.2, 0.25) is 0 Å². The normalized spacial score (nSPS) is 13.7. The highest BCUT2D eigenvalue weighted by atomic mass is 19.4. The maximum atomic E-state index is 13.2. The molecule has 7 rings (SSSR count). The van der Waals surface area contributed by atoms with Crippen LogP contribution in [0.1, 0.15) is 28.4 Å². The van der Waals surface area contributed by atoms with Crippen molar-refractivity contribution in [1.82, 2.24) is 29.4 Å². The molecule has 1 saturated heterocycles. The summed E-state index contributed by atoms with van der Waals surface area (Å²) in [6.45, 7) is 9.26. The van der Waals surface area contributed by atoms with Crippen molar-refractivity contribution in [2.24, 2.45) is 0 Å². The first-order valence-electron chi connectivity index (χ1n) is 16.5. The van der Waals surface area contributed by atoms with Gasteiger partial charge >= 0.3 is 6.18 Å². The number of carbonyl (C=O) groups is 1. The number of aromatic nitrogens is 5. The lowest BCUT2D eigenvalue weighted by Crippen LogP contribution is -2.46. The van der Waals surface area contributed by atoms with Crippen molar-refractivity contribution >= 4 is 51.5 Å². The molecule has 14 heteroatoms. The number of hydrogen-bond acceptors (Lipinski definition) is 9. The number of alkyl halides is 3. The summed E-state index contributed by atoms with van der Waals surface area (Å²) in [6.07, 6.45) is 0.258. The van der Waals surface area contributed by atoms with E-state index in [1.54, 1.807) is 36.7 Å². The summed E-state index contributed by atoms with van der Waals surface area (Å²) in [7, 11) is 0. The Labute approximate surface area is 292 Å². The summed E-state index contributed by atoms with van der Waals surface area (Å²) in [5.41, 5.74) is 4.27. The van der Waals surface area contributed by atoms with Gasteiger partial charge in [-0.15, -0.1) is 0 Å². The van der Waals surface area contributed by atoms with Gasteiger partial charge in [0.05, 0.1) is 22.8 Å². The standard InChI is InChI=1S/C37H35F3N10O/c1-3-48-15-17-49(18-16-48)29-11-9-27(10-12-29)44-33-21-34(43-23-42-33)50-32-22-41-14-13-30(32)46-36(50)47-31-20-28(8-7-24(31)2)45-35(51)25-5-4-6-26(19-25)37(38,39)40/h4-14,19-23H,3,15-18H2,1-2H3,(H,45,51)(H,46,47)(H,42,43,44). The second-order valence-electron chi connectivity index (χ2n) is 12.2. The average Bonchev–Trinajstić information content (AvgIpc) is 3.51. The predicted octanol–water partition coefficient (Wildman–Crippen LogP) is 7.42. The number of aryl methyl sites for hydroxylation is 1. The Bertz CT molecular complexity index is 2180. The van der Waals surface area contributed by atoms with E-state index in [9.17, 15) is 18.0 Å². The van der Waals surface area contributed by atoms with Gasteiger partial charge in [-0.05, 0) is 79.7 Å².